The van der Waals surface area contributed by atoms with Gasteiger partial charge < -0.3 is 0 Å². The predicted octanol–water partition coefficient (Wildman–Crippen LogP) is 4.21. The fourth-order valence-corrected chi connectivity index (χ4v) is 3.26. The third-order valence-corrected chi connectivity index (χ3v) is 4.47. The van der Waals surface area contributed by atoms with Crippen molar-refractivity contribution in [1.29, 1.82) is 0 Å². The Hall–Kier alpha value is -2.79. The van der Waals surface area contributed by atoms with E-state index in [2.05, 4.69) is 15.5 Å². The summed E-state index contributed by atoms with van der Waals surface area (Å²) in [6.07, 6.45) is 0.337. The molecule has 0 bridgehead atoms. The Balaban J connectivity index is 1.56. The van der Waals surface area contributed by atoms with E-state index in [1.807, 2.05) is 60.0 Å². The van der Waals surface area contributed by atoms with Crippen LogP contribution in [-0.4, -0.2) is 16.5 Å². The predicted molar refractivity (Wildman–Crippen MR) is 93.1 cm³/mol. The van der Waals surface area contributed by atoms with Gasteiger partial charge in [-0.1, -0.05) is 54.6 Å². The number of hydrogen-bond acceptors (Lipinski definition) is 5. The lowest BCUT2D eigenvalue weighted by Gasteiger charge is -1.99. The van der Waals surface area contributed by atoms with E-state index in [1.165, 1.54) is 11.3 Å². The molecule has 4 nitrogen and oxygen atoms in total. The monoisotopic (exact) mass is 319 g/mol. The number of anilines is 1. The van der Waals surface area contributed by atoms with Crippen LogP contribution < -0.4 is 5.43 Å². The Kier molecular flexibility index (Phi) is 3.48. The zero-order valence-corrected chi connectivity index (χ0v) is 13.0. The zero-order valence-electron chi connectivity index (χ0n) is 12.2. The van der Waals surface area contributed by atoms with Crippen LogP contribution in [0.4, 0.5) is 5.13 Å². The molecule has 0 saturated heterocycles. The van der Waals surface area contributed by atoms with Crippen molar-refractivity contribution in [1.82, 2.24) is 4.98 Å². The van der Waals surface area contributed by atoms with Gasteiger partial charge in [0.2, 0.25) is 5.13 Å². The standard InChI is InChI=1S/C18H13N3OS/c22-17-10-15(13-8-4-5-9-14(13)17)20-21-18-19-16(11-23-18)12-6-2-1-3-7-12/h1-9,11H,10H2,(H,19,21). The lowest BCUT2D eigenvalue weighted by Crippen LogP contribution is -2.00. The molecule has 0 spiro atoms. The number of hydrazone groups is 1. The van der Waals surface area contributed by atoms with Crippen molar-refractivity contribution in [2.45, 2.75) is 6.42 Å². The van der Waals surface area contributed by atoms with E-state index in [4.69, 9.17) is 0 Å². The van der Waals surface area contributed by atoms with E-state index < -0.39 is 0 Å². The number of hydrogen-bond donors (Lipinski definition) is 1. The first-order valence-electron chi connectivity index (χ1n) is 7.27. The third kappa shape index (κ3) is 2.66. The molecule has 0 atom stereocenters. The van der Waals surface area contributed by atoms with E-state index in [0.717, 1.165) is 28.1 Å². The second kappa shape index (κ2) is 5.78. The summed E-state index contributed by atoms with van der Waals surface area (Å²) < 4.78 is 0. The fourth-order valence-electron chi connectivity index (χ4n) is 2.60. The molecule has 3 aromatic rings. The fraction of sp³-hybridized carbons (Fsp3) is 0.0556. The van der Waals surface area contributed by atoms with Crippen molar-refractivity contribution in [2.24, 2.45) is 5.10 Å². The lowest BCUT2D eigenvalue weighted by molar-refractivity contribution is 0.101. The highest BCUT2D eigenvalue weighted by Gasteiger charge is 2.24. The molecule has 5 heteroatoms. The van der Waals surface area contributed by atoms with Gasteiger partial charge in [-0.3, -0.25) is 10.2 Å². The SMILES string of the molecule is O=C1CC(=NNc2nc(-c3ccccc3)cs2)c2ccccc21. The molecule has 23 heavy (non-hydrogen) atoms. The van der Waals surface area contributed by atoms with Gasteiger partial charge in [-0.15, -0.1) is 11.3 Å². The molecule has 0 amide bonds. The summed E-state index contributed by atoms with van der Waals surface area (Å²) in [4.78, 5) is 16.5. The molecule has 1 aliphatic rings. The van der Waals surface area contributed by atoms with Crippen molar-refractivity contribution in [3.63, 3.8) is 0 Å². The number of rotatable bonds is 3. The number of nitrogens with zero attached hydrogens (tertiary/aromatic N) is 2. The number of fused-ring (bicyclic) bond motifs is 1. The maximum absolute atomic E-state index is 12.0. The molecule has 0 fully saturated rings. The molecule has 1 heterocycles. The summed E-state index contributed by atoms with van der Waals surface area (Å²) >= 11 is 1.50. The highest BCUT2D eigenvalue weighted by atomic mass is 32.1. The second-order valence-electron chi connectivity index (χ2n) is 5.22. The number of carbonyl (C=O) groups is 1. The van der Waals surface area contributed by atoms with Gasteiger partial charge >= 0.3 is 0 Å². The Bertz CT molecular complexity index is 899. The average molecular weight is 319 g/mol. The number of benzene rings is 2. The first-order valence-corrected chi connectivity index (χ1v) is 8.15. The minimum Gasteiger partial charge on any atom is -0.294 e. The summed E-state index contributed by atoms with van der Waals surface area (Å²) in [5.74, 6) is 0.116. The molecular weight excluding hydrogens is 306 g/mol. The number of ketones is 1. The molecule has 0 aliphatic heterocycles. The van der Waals surface area contributed by atoms with Crippen LogP contribution in [0, 0.1) is 0 Å². The van der Waals surface area contributed by atoms with Gasteiger partial charge in [-0.05, 0) is 0 Å². The van der Waals surface area contributed by atoms with Crippen molar-refractivity contribution in [3.05, 3.63) is 71.1 Å². The van der Waals surface area contributed by atoms with E-state index in [9.17, 15) is 4.79 Å². The summed E-state index contributed by atoms with van der Waals surface area (Å²) in [6, 6.07) is 17.6. The minimum atomic E-state index is 0.116. The average Bonchev–Trinajstić information content (AvgIpc) is 3.19. The van der Waals surface area contributed by atoms with Crippen molar-refractivity contribution >= 4 is 28.0 Å². The van der Waals surface area contributed by atoms with Gasteiger partial charge in [-0.25, -0.2) is 4.98 Å². The Morgan fingerprint density at radius 3 is 2.57 bits per heavy atom. The first-order chi connectivity index (χ1) is 11.3. The number of thiazole rings is 1. The molecule has 0 saturated carbocycles. The number of carbonyl (C=O) groups excluding carboxylic acids is 1. The molecule has 112 valence electrons. The molecule has 0 unspecified atom stereocenters. The molecule has 1 aromatic heterocycles. The normalized spacial score (nSPS) is 15.0. The molecule has 1 N–H and O–H groups in total. The van der Waals surface area contributed by atoms with Crippen molar-refractivity contribution in [3.8, 4) is 11.3 Å². The molecule has 0 radical (unpaired) electrons. The van der Waals surface area contributed by atoms with Crippen LogP contribution in [-0.2, 0) is 0 Å². The van der Waals surface area contributed by atoms with Crippen LogP contribution in [0.2, 0.25) is 0 Å². The largest absolute Gasteiger partial charge is 0.294 e. The van der Waals surface area contributed by atoms with Crippen molar-refractivity contribution < 1.29 is 4.79 Å². The number of nitrogens with one attached hydrogen (secondary N) is 1. The van der Waals surface area contributed by atoms with Gasteiger partial charge in [0.1, 0.15) is 0 Å². The van der Waals surface area contributed by atoms with Gasteiger partial charge in [0.05, 0.1) is 17.8 Å². The molecule has 4 rings (SSSR count). The van der Waals surface area contributed by atoms with Crippen LogP contribution in [0.5, 0.6) is 0 Å². The summed E-state index contributed by atoms with van der Waals surface area (Å²) in [7, 11) is 0. The third-order valence-electron chi connectivity index (χ3n) is 3.73. The topological polar surface area (TPSA) is 54.4 Å². The lowest BCUT2D eigenvalue weighted by atomic mass is 10.1. The van der Waals surface area contributed by atoms with Gasteiger partial charge in [-0.2, -0.15) is 5.10 Å². The summed E-state index contributed by atoms with van der Waals surface area (Å²) in [5.41, 5.74) is 7.39. The summed E-state index contributed by atoms with van der Waals surface area (Å²) in [5, 5.41) is 7.09. The van der Waals surface area contributed by atoms with Crippen LogP contribution in [0.15, 0.2) is 65.1 Å². The zero-order chi connectivity index (χ0) is 15.6. The van der Waals surface area contributed by atoms with E-state index in [0.29, 0.717) is 11.6 Å². The summed E-state index contributed by atoms with van der Waals surface area (Å²) in [6.45, 7) is 0. The van der Waals surface area contributed by atoms with Gasteiger partial charge in [0.25, 0.3) is 0 Å². The van der Waals surface area contributed by atoms with E-state index >= 15 is 0 Å². The highest BCUT2D eigenvalue weighted by molar-refractivity contribution is 7.14. The number of Topliss-reactive ketones (excluding diaryl/α,β-unsaturated/α-hetero) is 1. The number of aromatic nitrogens is 1. The molecule has 2 aromatic carbocycles. The van der Waals surface area contributed by atoms with Crippen LogP contribution >= 0.6 is 11.3 Å². The first kappa shape index (κ1) is 13.8. The molecule has 1 aliphatic carbocycles. The Morgan fingerprint density at radius 2 is 1.74 bits per heavy atom. The van der Waals surface area contributed by atoms with Crippen LogP contribution in [0.1, 0.15) is 22.3 Å². The Labute approximate surface area is 137 Å². The quantitative estimate of drug-likeness (QED) is 0.736. The highest BCUT2D eigenvalue weighted by Crippen LogP contribution is 2.26. The molecular formula is C18H13N3OS. The Morgan fingerprint density at radius 1 is 1.00 bits per heavy atom. The smallest absolute Gasteiger partial charge is 0.203 e. The van der Waals surface area contributed by atoms with Crippen molar-refractivity contribution in [2.75, 3.05) is 5.43 Å². The minimum absolute atomic E-state index is 0.116. The second-order valence-corrected chi connectivity index (χ2v) is 6.08. The van der Waals surface area contributed by atoms with Gasteiger partial charge in [0.15, 0.2) is 5.78 Å². The maximum Gasteiger partial charge on any atom is 0.203 e. The van der Waals surface area contributed by atoms with Crippen LogP contribution in [0.25, 0.3) is 11.3 Å². The van der Waals surface area contributed by atoms with Crippen LogP contribution in [0.3, 0.4) is 0 Å². The van der Waals surface area contributed by atoms with Gasteiger partial charge in [0, 0.05) is 22.1 Å². The maximum atomic E-state index is 12.0. The van der Waals surface area contributed by atoms with E-state index in [1.54, 1.807) is 0 Å². The van der Waals surface area contributed by atoms with E-state index in [-0.39, 0.29) is 5.78 Å².